The zero-order chi connectivity index (χ0) is 29.4. The van der Waals surface area contributed by atoms with Gasteiger partial charge in [-0.05, 0) is 72.9 Å². The molecule has 4 rings (SSSR count). The number of benzene rings is 2. The first-order valence-corrected chi connectivity index (χ1v) is 14.5. The minimum atomic E-state index is -4.11. The molecule has 1 amide bonds. The average molecular weight is 594 g/mol. The van der Waals surface area contributed by atoms with Crippen molar-refractivity contribution >= 4 is 39.1 Å². The van der Waals surface area contributed by atoms with E-state index in [2.05, 4.69) is 16.0 Å². The SMILES string of the molecule is COC(=O)CCCC/C=C(\c1ccc(-c2nc(C(=O)N(C)S(=O)(=O)c3ccc(Cl)cc3)co2)cc1)c1cccnc1. The summed E-state index contributed by atoms with van der Waals surface area (Å²) < 4.78 is 36.6. The van der Waals surface area contributed by atoms with E-state index >= 15 is 0 Å². The number of halogens is 1. The molecule has 0 saturated carbocycles. The van der Waals surface area contributed by atoms with E-state index in [0.717, 1.165) is 49.3 Å². The number of rotatable bonds is 11. The van der Waals surface area contributed by atoms with E-state index in [1.807, 2.05) is 36.4 Å². The molecule has 0 atom stereocenters. The van der Waals surface area contributed by atoms with Gasteiger partial charge in [0, 0.05) is 42.0 Å². The van der Waals surface area contributed by atoms with Crippen LogP contribution in [0.4, 0.5) is 0 Å². The number of hydrogen-bond acceptors (Lipinski definition) is 8. The summed E-state index contributed by atoms with van der Waals surface area (Å²) in [5, 5.41) is 0.378. The molecule has 0 aliphatic heterocycles. The monoisotopic (exact) mass is 593 g/mol. The maximum Gasteiger partial charge on any atom is 0.305 e. The molecule has 2 aromatic carbocycles. The van der Waals surface area contributed by atoms with Gasteiger partial charge in [-0.3, -0.25) is 14.6 Å². The smallest absolute Gasteiger partial charge is 0.305 e. The maximum absolute atomic E-state index is 12.9. The number of amides is 1. The predicted octanol–water partition coefficient (Wildman–Crippen LogP) is 6.02. The third kappa shape index (κ3) is 7.27. The standard InChI is InChI=1S/C30H28ClN3O6S/c1-34(41(37,38)25-16-14-24(31)15-17-25)30(36)27-20-40-29(33-27)22-12-10-21(11-13-22)26(23-7-6-18-32-19-23)8-4-3-5-9-28(35)39-2/h6-8,10-20H,3-5,9H2,1-2H3/b26-8+. The fourth-order valence-electron chi connectivity index (χ4n) is 4.02. The van der Waals surface area contributed by atoms with Gasteiger partial charge in [0.1, 0.15) is 6.26 Å². The normalized spacial score (nSPS) is 11.7. The lowest BCUT2D eigenvalue weighted by molar-refractivity contribution is -0.140. The van der Waals surface area contributed by atoms with E-state index in [4.69, 9.17) is 20.8 Å². The number of ether oxygens (including phenoxy) is 1. The van der Waals surface area contributed by atoms with Gasteiger partial charge in [0.2, 0.25) is 5.89 Å². The Balaban J connectivity index is 1.50. The van der Waals surface area contributed by atoms with Crippen LogP contribution in [-0.2, 0) is 19.6 Å². The molecule has 0 N–H and O–H groups in total. The molecule has 41 heavy (non-hydrogen) atoms. The molecule has 212 valence electrons. The van der Waals surface area contributed by atoms with Crippen LogP contribution in [0.3, 0.4) is 0 Å². The van der Waals surface area contributed by atoms with Crippen LogP contribution in [-0.4, -0.2) is 48.7 Å². The number of carbonyl (C=O) groups is 2. The van der Waals surface area contributed by atoms with E-state index in [9.17, 15) is 18.0 Å². The topological polar surface area (TPSA) is 120 Å². The van der Waals surface area contributed by atoms with E-state index in [-0.39, 0.29) is 22.4 Å². The highest BCUT2D eigenvalue weighted by atomic mass is 35.5. The minimum absolute atomic E-state index is 0.0713. The number of unbranched alkanes of at least 4 members (excludes halogenated alkanes) is 2. The second-order valence-electron chi connectivity index (χ2n) is 9.03. The van der Waals surface area contributed by atoms with Crippen molar-refractivity contribution in [1.82, 2.24) is 14.3 Å². The number of allylic oxidation sites excluding steroid dienone is 1. The zero-order valence-corrected chi connectivity index (χ0v) is 24.1. The second kappa shape index (κ2) is 13.4. The Morgan fingerprint density at radius 2 is 1.76 bits per heavy atom. The molecular formula is C30H28ClN3O6S. The van der Waals surface area contributed by atoms with Gasteiger partial charge in [-0.2, -0.15) is 0 Å². The molecule has 2 aromatic heterocycles. The summed E-state index contributed by atoms with van der Waals surface area (Å²) in [6.45, 7) is 0. The molecule has 0 aliphatic rings. The van der Waals surface area contributed by atoms with Gasteiger partial charge < -0.3 is 9.15 Å². The molecule has 0 spiro atoms. The molecule has 0 bridgehead atoms. The van der Waals surface area contributed by atoms with Gasteiger partial charge in [0.15, 0.2) is 5.69 Å². The Kier molecular flexibility index (Phi) is 9.69. The van der Waals surface area contributed by atoms with Crippen LogP contribution < -0.4 is 0 Å². The van der Waals surface area contributed by atoms with Gasteiger partial charge in [0.25, 0.3) is 15.9 Å². The fraction of sp³-hybridized carbons (Fsp3) is 0.200. The molecule has 0 saturated heterocycles. The van der Waals surface area contributed by atoms with Crippen LogP contribution in [0.1, 0.15) is 47.3 Å². The van der Waals surface area contributed by atoms with Gasteiger partial charge in [0.05, 0.1) is 12.0 Å². The lowest BCUT2D eigenvalue weighted by Gasteiger charge is -2.16. The van der Waals surface area contributed by atoms with Crippen molar-refractivity contribution in [3.05, 3.63) is 107 Å². The molecule has 0 aliphatic carbocycles. The van der Waals surface area contributed by atoms with E-state index in [1.54, 1.807) is 12.4 Å². The zero-order valence-electron chi connectivity index (χ0n) is 22.5. The summed E-state index contributed by atoms with van der Waals surface area (Å²) in [6.07, 6.45) is 9.44. The summed E-state index contributed by atoms with van der Waals surface area (Å²) in [7, 11) is -1.56. The minimum Gasteiger partial charge on any atom is -0.469 e. The Morgan fingerprint density at radius 3 is 2.41 bits per heavy atom. The van der Waals surface area contributed by atoms with Crippen LogP contribution in [0.2, 0.25) is 5.02 Å². The number of hydrogen-bond donors (Lipinski definition) is 0. The Hall–Kier alpha value is -4.28. The van der Waals surface area contributed by atoms with Gasteiger partial charge in [-0.25, -0.2) is 17.7 Å². The molecule has 0 unspecified atom stereocenters. The number of nitrogens with zero attached hydrogens (tertiary/aromatic N) is 3. The first-order valence-electron chi connectivity index (χ1n) is 12.7. The predicted molar refractivity (Wildman–Crippen MR) is 154 cm³/mol. The molecule has 9 nitrogen and oxygen atoms in total. The third-order valence-electron chi connectivity index (χ3n) is 6.31. The van der Waals surface area contributed by atoms with Crippen molar-refractivity contribution in [3.63, 3.8) is 0 Å². The van der Waals surface area contributed by atoms with Gasteiger partial charge in [-0.1, -0.05) is 35.9 Å². The maximum atomic E-state index is 12.9. The van der Waals surface area contributed by atoms with Crippen LogP contribution in [0, 0.1) is 0 Å². The summed E-state index contributed by atoms with van der Waals surface area (Å²) in [6, 6.07) is 16.8. The number of sulfonamides is 1. The Labute approximate surface area is 243 Å². The highest BCUT2D eigenvalue weighted by Gasteiger charge is 2.28. The fourth-order valence-corrected chi connectivity index (χ4v) is 5.25. The summed E-state index contributed by atoms with van der Waals surface area (Å²) in [4.78, 5) is 32.7. The number of pyridine rings is 1. The Morgan fingerprint density at radius 1 is 1.02 bits per heavy atom. The second-order valence-corrected chi connectivity index (χ2v) is 11.4. The van der Waals surface area contributed by atoms with Crippen LogP contribution in [0.25, 0.3) is 17.0 Å². The van der Waals surface area contributed by atoms with Crippen LogP contribution in [0.5, 0.6) is 0 Å². The number of esters is 1. The molecule has 0 fully saturated rings. The first-order chi connectivity index (χ1) is 19.7. The molecule has 2 heterocycles. The lowest BCUT2D eigenvalue weighted by atomic mass is 9.96. The van der Waals surface area contributed by atoms with Crippen molar-refractivity contribution < 1.29 is 27.2 Å². The molecule has 11 heteroatoms. The van der Waals surface area contributed by atoms with Gasteiger partial charge >= 0.3 is 5.97 Å². The van der Waals surface area contributed by atoms with Crippen molar-refractivity contribution in [2.45, 2.75) is 30.6 Å². The number of aromatic nitrogens is 2. The molecule has 4 aromatic rings. The molecular weight excluding hydrogens is 566 g/mol. The number of oxazole rings is 1. The molecule has 0 radical (unpaired) electrons. The highest BCUT2D eigenvalue weighted by Crippen LogP contribution is 2.28. The lowest BCUT2D eigenvalue weighted by Crippen LogP contribution is -2.33. The largest absolute Gasteiger partial charge is 0.469 e. The van der Waals surface area contributed by atoms with Crippen LogP contribution >= 0.6 is 11.6 Å². The first kappa shape index (κ1) is 29.7. The van der Waals surface area contributed by atoms with Crippen molar-refractivity contribution in [3.8, 4) is 11.5 Å². The van der Waals surface area contributed by atoms with E-state index < -0.39 is 15.9 Å². The van der Waals surface area contributed by atoms with Crippen molar-refractivity contribution in [2.24, 2.45) is 0 Å². The summed E-state index contributed by atoms with van der Waals surface area (Å²) >= 11 is 5.85. The van der Waals surface area contributed by atoms with E-state index in [1.165, 1.54) is 31.4 Å². The summed E-state index contributed by atoms with van der Waals surface area (Å²) in [5.41, 5.74) is 3.33. The quantitative estimate of drug-likeness (QED) is 0.153. The highest BCUT2D eigenvalue weighted by molar-refractivity contribution is 7.89. The summed E-state index contributed by atoms with van der Waals surface area (Å²) in [5.74, 6) is -0.879. The number of carbonyl (C=O) groups excluding carboxylic acids is 2. The Bertz CT molecular complexity index is 1630. The van der Waals surface area contributed by atoms with Gasteiger partial charge in [-0.15, -0.1) is 0 Å². The average Bonchev–Trinajstić information content (AvgIpc) is 3.49. The number of methoxy groups -OCH3 is 1. The van der Waals surface area contributed by atoms with Crippen molar-refractivity contribution in [2.75, 3.05) is 14.2 Å². The van der Waals surface area contributed by atoms with Crippen LogP contribution in [0.15, 0.2) is 94.7 Å². The third-order valence-corrected chi connectivity index (χ3v) is 8.31. The van der Waals surface area contributed by atoms with E-state index in [0.29, 0.717) is 21.3 Å². The van der Waals surface area contributed by atoms with Crippen molar-refractivity contribution in [1.29, 1.82) is 0 Å².